The third-order valence-electron chi connectivity index (χ3n) is 3.08. The molecule has 0 aromatic rings. The first-order valence-corrected chi connectivity index (χ1v) is 8.50. The molecule has 0 amide bonds. The van der Waals surface area contributed by atoms with Crippen molar-refractivity contribution in [3.05, 3.63) is 25.7 Å². The van der Waals surface area contributed by atoms with Gasteiger partial charge in [-0.2, -0.15) is 0 Å². The molecule has 0 rings (SSSR count). The van der Waals surface area contributed by atoms with Crippen molar-refractivity contribution in [1.82, 2.24) is 0 Å². The van der Waals surface area contributed by atoms with E-state index in [1.165, 1.54) is 31.8 Å². The van der Waals surface area contributed by atoms with E-state index >= 15 is 0 Å². The lowest BCUT2D eigenvalue weighted by Crippen LogP contribution is -1.88. The normalized spacial score (nSPS) is 9.55. The monoisotopic (exact) mass is 316 g/mol. The number of hydrogen-bond acceptors (Lipinski definition) is 4. The summed E-state index contributed by atoms with van der Waals surface area (Å²) in [5.41, 5.74) is 0. The van der Waals surface area contributed by atoms with E-state index in [-0.39, 0.29) is 0 Å². The number of aliphatic hydroxyl groups is 2. The second-order valence-electron chi connectivity index (χ2n) is 5.06. The Morgan fingerprint density at radius 3 is 1.18 bits per heavy atom. The van der Waals surface area contributed by atoms with E-state index in [0.717, 1.165) is 58.2 Å². The van der Waals surface area contributed by atoms with E-state index in [0.29, 0.717) is 13.2 Å². The lowest BCUT2D eigenvalue weighted by atomic mass is 10.1. The molecule has 0 saturated heterocycles. The van der Waals surface area contributed by atoms with Crippen LogP contribution in [0.25, 0.3) is 0 Å². The molecule has 4 heteroatoms. The van der Waals surface area contributed by atoms with Gasteiger partial charge in [-0.25, -0.2) is 0 Å². The fourth-order valence-electron chi connectivity index (χ4n) is 1.82. The highest BCUT2D eigenvalue weighted by Crippen LogP contribution is 2.04. The van der Waals surface area contributed by atoms with Crippen LogP contribution in [0, 0.1) is 0 Å². The number of ether oxygens (including phenoxy) is 2. The Hall–Kier alpha value is -1.00. The van der Waals surface area contributed by atoms with Gasteiger partial charge in [0.05, 0.1) is 25.7 Å². The van der Waals surface area contributed by atoms with Crippen molar-refractivity contribution >= 4 is 0 Å². The Morgan fingerprint density at radius 1 is 0.545 bits per heavy atom. The molecule has 0 fully saturated rings. The Balaban J connectivity index is 0. The predicted molar refractivity (Wildman–Crippen MR) is 92.6 cm³/mol. The van der Waals surface area contributed by atoms with Gasteiger partial charge in [0, 0.05) is 13.2 Å². The Bertz CT molecular complexity index is 207. The van der Waals surface area contributed by atoms with Crippen molar-refractivity contribution in [3.8, 4) is 0 Å². The minimum Gasteiger partial charge on any atom is -0.502 e. The summed E-state index contributed by atoms with van der Waals surface area (Å²) in [6.45, 7) is 9.10. The summed E-state index contributed by atoms with van der Waals surface area (Å²) in [6.07, 6.45) is 14.1. The number of aliphatic hydroxyl groups excluding tert-OH is 2. The van der Waals surface area contributed by atoms with E-state index < -0.39 is 0 Å². The summed E-state index contributed by atoms with van der Waals surface area (Å²) in [4.78, 5) is 0. The van der Waals surface area contributed by atoms with Gasteiger partial charge in [-0.3, -0.25) is 0 Å². The van der Waals surface area contributed by atoms with Gasteiger partial charge in [-0.1, -0.05) is 45.3 Å². The minimum absolute atomic E-state index is 0.308. The number of hydrogen-bond donors (Lipinski definition) is 2. The summed E-state index contributed by atoms with van der Waals surface area (Å²) in [5, 5.41) is 16.9. The van der Waals surface area contributed by atoms with Crippen LogP contribution in [0.15, 0.2) is 25.7 Å². The zero-order valence-electron chi connectivity index (χ0n) is 14.2. The van der Waals surface area contributed by atoms with Crippen LogP contribution in [-0.2, 0) is 9.47 Å². The summed E-state index contributed by atoms with van der Waals surface area (Å²) in [6, 6.07) is 0. The molecule has 0 unspecified atom stereocenters. The molecule has 0 aliphatic carbocycles. The Labute approximate surface area is 136 Å². The van der Waals surface area contributed by atoms with Gasteiger partial charge < -0.3 is 19.7 Å². The number of rotatable bonds is 16. The van der Waals surface area contributed by atoms with Crippen LogP contribution in [0.3, 0.4) is 0 Å². The van der Waals surface area contributed by atoms with Crippen LogP contribution in [0.5, 0.6) is 0 Å². The molecule has 0 atom stereocenters. The van der Waals surface area contributed by atoms with Gasteiger partial charge in [-0.15, -0.1) is 0 Å². The molecule has 2 N–H and O–H groups in total. The predicted octanol–water partition coefficient (Wildman–Crippen LogP) is 4.18. The summed E-state index contributed by atoms with van der Waals surface area (Å²) < 4.78 is 9.90. The number of unbranched alkanes of at least 4 members (excludes halogenated alkanes) is 8. The quantitative estimate of drug-likeness (QED) is 0.331. The second kappa shape index (κ2) is 25.0. The van der Waals surface area contributed by atoms with Gasteiger partial charge in [0.15, 0.2) is 0 Å². The lowest BCUT2D eigenvalue weighted by molar-refractivity contribution is 0.237. The van der Waals surface area contributed by atoms with Crippen molar-refractivity contribution in [2.45, 2.75) is 64.2 Å². The molecule has 0 aliphatic heterocycles. The molecule has 0 bridgehead atoms. The summed E-state index contributed by atoms with van der Waals surface area (Å²) in [7, 11) is 0. The average Bonchev–Trinajstić information content (AvgIpc) is 2.54. The standard InChI is InChI=1S/C10H20O2.C8H16O2/c1-2-12-10-8-6-4-3-5-7-9-11;1-2-10-8-6-4-3-5-7-9/h2,11H,1,3-10H2;2,9H,1,3-8H2. The second-order valence-corrected chi connectivity index (χ2v) is 5.06. The highest BCUT2D eigenvalue weighted by atomic mass is 16.5. The van der Waals surface area contributed by atoms with Crippen LogP contribution in [0.2, 0.25) is 0 Å². The summed E-state index contributed by atoms with van der Waals surface area (Å²) >= 11 is 0. The van der Waals surface area contributed by atoms with Crippen LogP contribution in [0.4, 0.5) is 0 Å². The third-order valence-corrected chi connectivity index (χ3v) is 3.08. The van der Waals surface area contributed by atoms with E-state index in [4.69, 9.17) is 19.7 Å². The zero-order valence-corrected chi connectivity index (χ0v) is 14.2. The Kier molecular flexibility index (Phi) is 26.4. The largest absolute Gasteiger partial charge is 0.502 e. The fraction of sp³-hybridized carbons (Fsp3) is 0.778. The molecule has 0 aromatic heterocycles. The van der Waals surface area contributed by atoms with Crippen molar-refractivity contribution in [2.24, 2.45) is 0 Å². The third kappa shape index (κ3) is 27.4. The first-order chi connectivity index (χ1) is 10.8. The van der Waals surface area contributed by atoms with Crippen LogP contribution >= 0.6 is 0 Å². The van der Waals surface area contributed by atoms with Crippen molar-refractivity contribution in [2.75, 3.05) is 26.4 Å². The summed E-state index contributed by atoms with van der Waals surface area (Å²) in [5.74, 6) is 0. The molecule has 0 aromatic carbocycles. The molecular weight excluding hydrogens is 280 g/mol. The topological polar surface area (TPSA) is 58.9 Å². The molecule has 0 aliphatic rings. The molecule has 22 heavy (non-hydrogen) atoms. The first kappa shape index (κ1) is 23.3. The van der Waals surface area contributed by atoms with E-state index in [1.807, 2.05) is 0 Å². The van der Waals surface area contributed by atoms with Crippen molar-refractivity contribution < 1.29 is 19.7 Å². The van der Waals surface area contributed by atoms with Gasteiger partial charge in [-0.05, 0) is 32.1 Å². The first-order valence-electron chi connectivity index (χ1n) is 8.50. The maximum atomic E-state index is 8.51. The molecule has 0 saturated carbocycles. The smallest absolute Gasteiger partial charge is 0.0873 e. The maximum Gasteiger partial charge on any atom is 0.0873 e. The molecule has 0 heterocycles. The molecule has 0 radical (unpaired) electrons. The average molecular weight is 316 g/mol. The minimum atomic E-state index is 0.308. The van der Waals surface area contributed by atoms with E-state index in [2.05, 4.69) is 13.2 Å². The zero-order chi connectivity index (χ0) is 16.7. The highest BCUT2D eigenvalue weighted by Gasteiger charge is 1.90. The van der Waals surface area contributed by atoms with E-state index in [9.17, 15) is 0 Å². The van der Waals surface area contributed by atoms with Crippen molar-refractivity contribution in [1.29, 1.82) is 0 Å². The molecule has 0 spiro atoms. The molecule has 132 valence electrons. The lowest BCUT2D eigenvalue weighted by Gasteiger charge is -2.00. The maximum absolute atomic E-state index is 8.51. The van der Waals surface area contributed by atoms with Crippen LogP contribution in [-0.4, -0.2) is 36.6 Å². The fourth-order valence-corrected chi connectivity index (χ4v) is 1.82. The highest BCUT2D eigenvalue weighted by molar-refractivity contribution is 4.50. The van der Waals surface area contributed by atoms with Gasteiger partial charge >= 0.3 is 0 Å². The van der Waals surface area contributed by atoms with Crippen molar-refractivity contribution in [3.63, 3.8) is 0 Å². The molecule has 4 nitrogen and oxygen atoms in total. The van der Waals surface area contributed by atoms with Gasteiger partial charge in [0.1, 0.15) is 0 Å². The Morgan fingerprint density at radius 2 is 0.864 bits per heavy atom. The van der Waals surface area contributed by atoms with Crippen LogP contribution in [0.1, 0.15) is 64.2 Å². The van der Waals surface area contributed by atoms with Gasteiger partial charge in [0.2, 0.25) is 0 Å². The van der Waals surface area contributed by atoms with Gasteiger partial charge in [0.25, 0.3) is 0 Å². The molecular formula is C18H36O4. The van der Waals surface area contributed by atoms with E-state index in [1.54, 1.807) is 0 Å². The SMILES string of the molecule is C=COCCCCCCCCO.C=COCCCCCCO. The van der Waals surface area contributed by atoms with Crippen LogP contribution < -0.4 is 0 Å².